The highest BCUT2D eigenvalue weighted by molar-refractivity contribution is 6.40. The molecule has 0 amide bonds. The van der Waals surface area contributed by atoms with E-state index in [4.69, 9.17) is 14.0 Å². The van der Waals surface area contributed by atoms with Crippen molar-refractivity contribution in [1.29, 1.82) is 0 Å². The molecular weight excluding hydrogens is 167 g/mol. The second-order valence-electron chi connectivity index (χ2n) is 3.16. The molecule has 13 heavy (non-hydrogen) atoms. The first-order valence-electron chi connectivity index (χ1n) is 4.33. The van der Waals surface area contributed by atoms with Gasteiger partial charge in [0.15, 0.2) is 0 Å². The molecule has 0 saturated carbocycles. The first kappa shape index (κ1) is 8.44. The predicted octanol–water partition coefficient (Wildman–Crippen LogP) is 1.87. The molecular formula is C9H11BO3. The normalized spacial score (nSPS) is 13.9. The summed E-state index contributed by atoms with van der Waals surface area (Å²) in [7, 11) is -0.586. The lowest BCUT2D eigenvalue weighted by Gasteiger charge is -2.07. The molecule has 0 aromatic heterocycles. The Hall–Kier alpha value is -1.16. The van der Waals surface area contributed by atoms with Crippen LogP contribution in [0, 0.1) is 0 Å². The topological polar surface area (TPSA) is 27.7 Å². The van der Waals surface area contributed by atoms with Crippen LogP contribution >= 0.6 is 0 Å². The van der Waals surface area contributed by atoms with Crippen molar-refractivity contribution in [3.05, 3.63) is 24.3 Å². The fourth-order valence-corrected chi connectivity index (χ4v) is 1.15. The quantitative estimate of drug-likeness (QED) is 0.647. The number of para-hydroxylation sites is 2. The van der Waals surface area contributed by atoms with Crippen molar-refractivity contribution in [2.45, 2.75) is 20.0 Å². The molecule has 0 radical (unpaired) electrons. The maximum absolute atomic E-state index is 5.37. The summed E-state index contributed by atoms with van der Waals surface area (Å²) in [6.45, 7) is 3.88. The number of rotatable bonds is 2. The van der Waals surface area contributed by atoms with E-state index in [0.717, 1.165) is 11.5 Å². The number of benzene rings is 1. The summed E-state index contributed by atoms with van der Waals surface area (Å²) in [6.07, 6.45) is 0.0966. The third-order valence-electron chi connectivity index (χ3n) is 1.68. The van der Waals surface area contributed by atoms with Crippen LogP contribution in [0.2, 0.25) is 0 Å². The van der Waals surface area contributed by atoms with E-state index in [1.807, 2.05) is 38.1 Å². The Morgan fingerprint density at radius 2 is 1.69 bits per heavy atom. The minimum absolute atomic E-state index is 0.0966. The number of fused-ring (bicyclic) bond motifs is 1. The van der Waals surface area contributed by atoms with E-state index in [1.54, 1.807) is 0 Å². The lowest BCUT2D eigenvalue weighted by atomic mass is 10.2. The minimum Gasteiger partial charge on any atom is -0.498 e. The Labute approximate surface area is 77.8 Å². The van der Waals surface area contributed by atoms with Gasteiger partial charge in [-0.05, 0) is 26.0 Å². The Balaban J connectivity index is 2.05. The van der Waals surface area contributed by atoms with Crippen LogP contribution in [0.3, 0.4) is 0 Å². The molecule has 1 aromatic rings. The molecule has 1 aliphatic rings. The lowest BCUT2D eigenvalue weighted by Crippen LogP contribution is -2.31. The van der Waals surface area contributed by atoms with Crippen LogP contribution in [0.1, 0.15) is 13.8 Å². The predicted molar refractivity (Wildman–Crippen MR) is 49.7 cm³/mol. The van der Waals surface area contributed by atoms with Crippen molar-refractivity contribution in [3.63, 3.8) is 0 Å². The van der Waals surface area contributed by atoms with Crippen LogP contribution in [0.4, 0.5) is 0 Å². The summed E-state index contributed by atoms with van der Waals surface area (Å²) in [6, 6.07) is 7.53. The van der Waals surface area contributed by atoms with Gasteiger partial charge in [0, 0.05) is 6.10 Å². The monoisotopic (exact) mass is 178 g/mol. The molecule has 0 unspecified atom stereocenters. The molecule has 0 fully saturated rings. The van der Waals surface area contributed by atoms with Gasteiger partial charge in [-0.3, -0.25) is 0 Å². The van der Waals surface area contributed by atoms with E-state index >= 15 is 0 Å². The van der Waals surface area contributed by atoms with E-state index in [-0.39, 0.29) is 6.10 Å². The standard InChI is InChI=1S/C9H11BO3/c1-7(2)11-10-12-8-5-3-4-6-9(8)13-10/h3-7H,1-2H3. The van der Waals surface area contributed by atoms with Crippen LogP contribution < -0.4 is 9.31 Å². The lowest BCUT2D eigenvalue weighted by molar-refractivity contribution is 0.170. The summed E-state index contributed by atoms with van der Waals surface area (Å²) < 4.78 is 16.1. The highest BCUT2D eigenvalue weighted by atomic mass is 16.8. The largest absolute Gasteiger partial charge is 0.788 e. The summed E-state index contributed by atoms with van der Waals surface area (Å²) in [4.78, 5) is 0. The Bertz CT molecular complexity index is 276. The van der Waals surface area contributed by atoms with Crippen molar-refractivity contribution in [2.24, 2.45) is 0 Å². The van der Waals surface area contributed by atoms with Gasteiger partial charge in [-0.15, -0.1) is 0 Å². The minimum atomic E-state index is -0.586. The molecule has 68 valence electrons. The fourth-order valence-electron chi connectivity index (χ4n) is 1.15. The van der Waals surface area contributed by atoms with Gasteiger partial charge >= 0.3 is 7.32 Å². The van der Waals surface area contributed by atoms with Gasteiger partial charge < -0.3 is 14.0 Å². The zero-order valence-corrected chi connectivity index (χ0v) is 7.69. The van der Waals surface area contributed by atoms with Gasteiger partial charge in [0.2, 0.25) is 0 Å². The highest BCUT2D eigenvalue weighted by Gasteiger charge is 2.35. The average Bonchev–Trinajstić information content (AvgIpc) is 2.44. The zero-order chi connectivity index (χ0) is 9.26. The molecule has 1 aromatic carbocycles. The van der Waals surface area contributed by atoms with Gasteiger partial charge in [-0.25, -0.2) is 0 Å². The number of hydrogen-bond donors (Lipinski definition) is 0. The second-order valence-corrected chi connectivity index (χ2v) is 3.16. The second kappa shape index (κ2) is 3.30. The van der Waals surface area contributed by atoms with Gasteiger partial charge in [-0.1, -0.05) is 12.1 Å². The van der Waals surface area contributed by atoms with Crippen LogP contribution in [0.15, 0.2) is 24.3 Å². The smallest absolute Gasteiger partial charge is 0.498 e. The molecule has 3 nitrogen and oxygen atoms in total. The van der Waals surface area contributed by atoms with E-state index in [9.17, 15) is 0 Å². The Kier molecular flexibility index (Phi) is 2.14. The van der Waals surface area contributed by atoms with Crippen LogP contribution in [0.5, 0.6) is 11.5 Å². The van der Waals surface area contributed by atoms with E-state index in [2.05, 4.69) is 0 Å². The fraction of sp³-hybridized carbons (Fsp3) is 0.333. The van der Waals surface area contributed by atoms with E-state index in [0.29, 0.717) is 0 Å². The van der Waals surface area contributed by atoms with Crippen LogP contribution in [-0.4, -0.2) is 13.4 Å². The van der Waals surface area contributed by atoms with E-state index < -0.39 is 7.32 Å². The first-order chi connectivity index (χ1) is 6.25. The van der Waals surface area contributed by atoms with Crippen molar-refractivity contribution < 1.29 is 14.0 Å². The van der Waals surface area contributed by atoms with Crippen molar-refractivity contribution in [3.8, 4) is 11.5 Å². The Morgan fingerprint density at radius 1 is 1.15 bits per heavy atom. The summed E-state index contributed by atoms with van der Waals surface area (Å²) in [5, 5.41) is 0. The molecule has 1 aliphatic heterocycles. The first-order valence-corrected chi connectivity index (χ1v) is 4.33. The maximum Gasteiger partial charge on any atom is 0.788 e. The van der Waals surface area contributed by atoms with Crippen molar-refractivity contribution in [1.82, 2.24) is 0 Å². The van der Waals surface area contributed by atoms with Gasteiger partial charge in [-0.2, -0.15) is 0 Å². The Morgan fingerprint density at radius 3 is 2.15 bits per heavy atom. The molecule has 0 spiro atoms. The van der Waals surface area contributed by atoms with Gasteiger partial charge in [0.1, 0.15) is 11.5 Å². The third-order valence-corrected chi connectivity index (χ3v) is 1.68. The number of hydrogen-bond acceptors (Lipinski definition) is 3. The molecule has 0 N–H and O–H groups in total. The average molecular weight is 178 g/mol. The van der Waals surface area contributed by atoms with Crippen molar-refractivity contribution in [2.75, 3.05) is 0 Å². The molecule has 4 heteroatoms. The maximum atomic E-state index is 5.37. The van der Waals surface area contributed by atoms with E-state index in [1.165, 1.54) is 0 Å². The third kappa shape index (κ3) is 1.78. The molecule has 0 saturated heterocycles. The molecule has 1 heterocycles. The zero-order valence-electron chi connectivity index (χ0n) is 7.69. The van der Waals surface area contributed by atoms with Gasteiger partial charge in [0.05, 0.1) is 0 Å². The van der Waals surface area contributed by atoms with Crippen LogP contribution in [0.25, 0.3) is 0 Å². The van der Waals surface area contributed by atoms with Crippen molar-refractivity contribution >= 4 is 7.32 Å². The summed E-state index contributed by atoms with van der Waals surface area (Å²) in [5.74, 6) is 1.49. The molecule has 2 rings (SSSR count). The highest BCUT2D eigenvalue weighted by Crippen LogP contribution is 2.32. The SMILES string of the molecule is CC(C)OB1Oc2ccccc2O1. The summed E-state index contributed by atoms with van der Waals surface area (Å²) in [5.41, 5.74) is 0. The molecule has 0 aliphatic carbocycles. The van der Waals surface area contributed by atoms with Gasteiger partial charge in [0.25, 0.3) is 0 Å². The summed E-state index contributed by atoms with van der Waals surface area (Å²) >= 11 is 0. The molecule has 0 atom stereocenters. The van der Waals surface area contributed by atoms with Crippen LogP contribution in [-0.2, 0) is 4.65 Å². The molecule has 0 bridgehead atoms.